The minimum Gasteiger partial charge on any atom is -0.370 e. The maximum Gasteiger partial charge on any atom is 0.324 e. The highest BCUT2D eigenvalue weighted by atomic mass is 79.9. The number of alkyl halides is 3. The largest absolute Gasteiger partial charge is 0.370 e. The molecule has 72 valence electrons. The molecule has 0 atom stereocenters. The fraction of sp³-hybridized carbons (Fsp3) is 0.333. The molecule has 0 radical (unpaired) electrons. The van der Waals surface area contributed by atoms with Gasteiger partial charge in [-0.05, 0) is 21.5 Å². The van der Waals surface area contributed by atoms with Crippen molar-refractivity contribution in [1.29, 1.82) is 0 Å². The highest BCUT2D eigenvalue weighted by Crippen LogP contribution is 2.21. The molecule has 1 aromatic carbocycles. The van der Waals surface area contributed by atoms with Gasteiger partial charge in [-0.1, -0.05) is 30.3 Å². The average molecular weight is 251 g/mol. The second kappa shape index (κ2) is 4.67. The van der Waals surface area contributed by atoms with Crippen LogP contribution in [0.4, 0.5) is 8.78 Å². The van der Waals surface area contributed by atoms with Crippen LogP contribution < -0.4 is 0 Å². The Labute approximate surface area is 83.8 Å². The van der Waals surface area contributed by atoms with Crippen molar-refractivity contribution >= 4 is 15.9 Å². The molecule has 0 amide bonds. The van der Waals surface area contributed by atoms with Crippen molar-refractivity contribution in [2.24, 2.45) is 0 Å². The van der Waals surface area contributed by atoms with E-state index in [-0.39, 0.29) is 6.61 Å². The molecule has 1 rings (SSSR count). The summed E-state index contributed by atoms with van der Waals surface area (Å²) in [5.74, 6) is 0. The Morgan fingerprint density at radius 1 is 1.23 bits per heavy atom. The third-order valence-electron chi connectivity index (χ3n) is 1.38. The lowest BCUT2D eigenvalue weighted by atomic mass is 10.2. The summed E-state index contributed by atoms with van der Waals surface area (Å²) in [4.78, 5) is -2.93. The first-order valence-electron chi connectivity index (χ1n) is 3.76. The van der Waals surface area contributed by atoms with Gasteiger partial charge < -0.3 is 4.74 Å². The normalized spacial score (nSPS) is 11.6. The quantitative estimate of drug-likeness (QED) is 0.746. The first kappa shape index (κ1) is 10.6. The molecule has 0 unspecified atom stereocenters. The van der Waals surface area contributed by atoms with Crippen LogP contribution in [-0.2, 0) is 11.3 Å². The summed E-state index contributed by atoms with van der Waals surface area (Å²) in [5, 5.41) is 0. The lowest BCUT2D eigenvalue weighted by Gasteiger charge is -2.08. The van der Waals surface area contributed by atoms with Crippen LogP contribution in [0.15, 0.2) is 30.3 Å². The van der Waals surface area contributed by atoms with Gasteiger partial charge in [0, 0.05) is 0 Å². The van der Waals surface area contributed by atoms with Gasteiger partial charge in [-0.2, -0.15) is 8.78 Å². The van der Waals surface area contributed by atoms with Crippen molar-refractivity contribution in [3.8, 4) is 0 Å². The highest BCUT2D eigenvalue weighted by Gasteiger charge is 2.23. The first-order valence-corrected chi connectivity index (χ1v) is 4.56. The van der Waals surface area contributed by atoms with E-state index in [2.05, 4.69) is 15.9 Å². The molecule has 4 heteroatoms. The zero-order valence-electron chi connectivity index (χ0n) is 6.84. The Balaban J connectivity index is 2.29. The van der Waals surface area contributed by atoms with Crippen LogP contribution in [0.25, 0.3) is 0 Å². The Kier molecular flexibility index (Phi) is 3.81. The standard InChI is InChI=1S/C9H9BrF2O/c10-9(11,12)7-13-6-8-4-2-1-3-5-8/h1-5H,6-7H2. The predicted molar refractivity (Wildman–Crippen MR) is 50.0 cm³/mol. The van der Waals surface area contributed by atoms with Gasteiger partial charge in [0.05, 0.1) is 6.61 Å². The Bertz CT molecular complexity index is 246. The van der Waals surface area contributed by atoms with Gasteiger partial charge in [-0.15, -0.1) is 0 Å². The molecule has 0 aromatic heterocycles. The third-order valence-corrected chi connectivity index (χ3v) is 1.61. The summed E-state index contributed by atoms with van der Waals surface area (Å²) in [6.45, 7) is -0.399. The lowest BCUT2D eigenvalue weighted by Crippen LogP contribution is -2.14. The molecule has 0 heterocycles. The van der Waals surface area contributed by atoms with Crippen molar-refractivity contribution in [2.75, 3.05) is 6.61 Å². The van der Waals surface area contributed by atoms with E-state index >= 15 is 0 Å². The molecule has 0 N–H and O–H groups in total. The summed E-state index contributed by atoms with van der Waals surface area (Å²) in [5.41, 5.74) is 0.888. The van der Waals surface area contributed by atoms with Crippen molar-refractivity contribution in [1.82, 2.24) is 0 Å². The second-order valence-electron chi connectivity index (χ2n) is 2.59. The van der Waals surface area contributed by atoms with Gasteiger partial charge in [-0.3, -0.25) is 0 Å². The van der Waals surface area contributed by atoms with Crippen molar-refractivity contribution in [3.63, 3.8) is 0 Å². The van der Waals surface area contributed by atoms with Gasteiger partial charge >= 0.3 is 4.83 Å². The topological polar surface area (TPSA) is 9.23 Å². The number of halogens is 3. The third kappa shape index (κ3) is 4.95. The molecule has 1 aromatic rings. The fourth-order valence-corrected chi connectivity index (χ4v) is 1.02. The number of rotatable bonds is 4. The second-order valence-corrected chi connectivity index (χ2v) is 3.75. The van der Waals surface area contributed by atoms with E-state index in [0.29, 0.717) is 0 Å². The predicted octanol–water partition coefficient (Wildman–Crippen LogP) is 3.19. The molecule has 0 spiro atoms. The van der Waals surface area contributed by atoms with Crippen molar-refractivity contribution in [3.05, 3.63) is 35.9 Å². The van der Waals surface area contributed by atoms with Crippen LogP contribution in [0.5, 0.6) is 0 Å². The molecule has 13 heavy (non-hydrogen) atoms. The summed E-state index contributed by atoms with van der Waals surface area (Å²) >= 11 is 2.19. The monoisotopic (exact) mass is 250 g/mol. The maximum atomic E-state index is 12.2. The summed E-state index contributed by atoms with van der Waals surface area (Å²) < 4.78 is 29.2. The maximum absolute atomic E-state index is 12.2. The van der Waals surface area contributed by atoms with Crippen LogP contribution in [-0.4, -0.2) is 11.4 Å². The van der Waals surface area contributed by atoms with Crippen LogP contribution in [0.2, 0.25) is 0 Å². The van der Waals surface area contributed by atoms with E-state index in [4.69, 9.17) is 4.74 Å². The van der Waals surface area contributed by atoms with E-state index in [0.717, 1.165) is 5.56 Å². The highest BCUT2D eigenvalue weighted by molar-refractivity contribution is 9.10. The molecular formula is C9H9BrF2O. The SMILES string of the molecule is FC(F)(Br)COCc1ccccc1. The van der Waals surface area contributed by atoms with E-state index in [1.165, 1.54) is 0 Å². The summed E-state index contributed by atoms with van der Waals surface area (Å²) in [7, 11) is 0. The zero-order chi connectivity index (χ0) is 9.73. The first-order chi connectivity index (χ1) is 6.08. The van der Waals surface area contributed by atoms with Crippen LogP contribution in [0, 0.1) is 0 Å². The van der Waals surface area contributed by atoms with Crippen LogP contribution in [0.3, 0.4) is 0 Å². The van der Waals surface area contributed by atoms with E-state index in [1.54, 1.807) is 0 Å². The number of ether oxygens (including phenoxy) is 1. The van der Waals surface area contributed by atoms with Crippen molar-refractivity contribution < 1.29 is 13.5 Å². The minimum absolute atomic E-state index is 0.210. The molecule has 0 fully saturated rings. The fourth-order valence-electron chi connectivity index (χ4n) is 0.859. The number of hydrogen-bond donors (Lipinski definition) is 0. The molecule has 0 aliphatic rings. The van der Waals surface area contributed by atoms with E-state index < -0.39 is 11.4 Å². The van der Waals surface area contributed by atoms with Crippen LogP contribution >= 0.6 is 15.9 Å². The van der Waals surface area contributed by atoms with Gasteiger partial charge in [0.15, 0.2) is 0 Å². The molecule has 0 saturated carbocycles. The molecule has 0 bridgehead atoms. The molecule has 0 aliphatic carbocycles. The minimum atomic E-state index is -2.93. The van der Waals surface area contributed by atoms with Gasteiger partial charge in [0.1, 0.15) is 6.61 Å². The van der Waals surface area contributed by atoms with E-state index in [1.807, 2.05) is 30.3 Å². The van der Waals surface area contributed by atoms with Gasteiger partial charge in [0.25, 0.3) is 0 Å². The molecular weight excluding hydrogens is 242 g/mol. The molecule has 1 nitrogen and oxygen atoms in total. The number of hydrogen-bond acceptors (Lipinski definition) is 1. The van der Waals surface area contributed by atoms with Crippen molar-refractivity contribution in [2.45, 2.75) is 11.4 Å². The summed E-state index contributed by atoms with van der Waals surface area (Å²) in [6.07, 6.45) is 0. The Hall–Kier alpha value is -0.480. The lowest BCUT2D eigenvalue weighted by molar-refractivity contribution is -0.00930. The molecule has 0 aliphatic heterocycles. The van der Waals surface area contributed by atoms with Gasteiger partial charge in [-0.25, -0.2) is 0 Å². The van der Waals surface area contributed by atoms with Gasteiger partial charge in [0.2, 0.25) is 0 Å². The Morgan fingerprint density at radius 3 is 2.38 bits per heavy atom. The summed E-state index contributed by atoms with van der Waals surface area (Å²) in [6, 6.07) is 9.19. The zero-order valence-corrected chi connectivity index (χ0v) is 8.43. The average Bonchev–Trinajstić information content (AvgIpc) is 2.04. The van der Waals surface area contributed by atoms with Crippen LogP contribution in [0.1, 0.15) is 5.56 Å². The Morgan fingerprint density at radius 2 is 1.85 bits per heavy atom. The smallest absolute Gasteiger partial charge is 0.324 e. The molecule has 0 saturated heterocycles. The number of benzene rings is 1. The van der Waals surface area contributed by atoms with E-state index in [9.17, 15) is 8.78 Å².